The van der Waals surface area contributed by atoms with E-state index in [-0.39, 0.29) is 30.3 Å². The highest BCUT2D eigenvalue weighted by Gasteiger charge is 2.80. The minimum atomic E-state index is -1.21. The van der Waals surface area contributed by atoms with Crippen LogP contribution in [0.15, 0.2) is 54.6 Å². The van der Waals surface area contributed by atoms with Crippen molar-refractivity contribution in [3.63, 3.8) is 0 Å². The van der Waals surface area contributed by atoms with E-state index in [9.17, 15) is 19.5 Å². The monoisotopic (exact) mass is 549 g/mol. The molecule has 0 aromatic heterocycles. The van der Waals surface area contributed by atoms with Crippen molar-refractivity contribution in [1.29, 1.82) is 0 Å². The number of hydrogen-bond acceptors (Lipinski definition) is 6. The number of ether oxygens (including phenoxy) is 2. The lowest BCUT2D eigenvalue weighted by Gasteiger charge is -2.39. The molecule has 3 fully saturated rings. The van der Waals surface area contributed by atoms with Crippen LogP contribution in [0.3, 0.4) is 0 Å². The molecule has 2 bridgehead atoms. The number of fused-ring (bicyclic) bond motifs is 1. The van der Waals surface area contributed by atoms with Gasteiger partial charge in [0.25, 0.3) is 0 Å². The van der Waals surface area contributed by atoms with Crippen molar-refractivity contribution in [2.45, 2.75) is 63.8 Å². The summed E-state index contributed by atoms with van der Waals surface area (Å²) in [6.07, 6.45) is 1.15. The number of rotatable bonds is 9. The van der Waals surface area contributed by atoms with Crippen molar-refractivity contribution in [1.82, 2.24) is 4.90 Å². The number of nitrogens with zero attached hydrogens (tertiary/aromatic N) is 1. The second-order valence-corrected chi connectivity index (χ2v) is 11.7. The van der Waals surface area contributed by atoms with Crippen LogP contribution in [0.5, 0.6) is 5.75 Å². The maximum atomic E-state index is 14.4. The first-order valence-corrected chi connectivity index (χ1v) is 14.0. The molecule has 3 heterocycles. The fourth-order valence-electron chi connectivity index (χ4n) is 7.17. The smallest absolute Gasteiger partial charge is 0.250 e. The molecule has 2 aromatic carbocycles. The van der Waals surface area contributed by atoms with Crippen LogP contribution in [-0.2, 0) is 19.1 Å². The third kappa shape index (κ3) is 4.27. The van der Waals surface area contributed by atoms with Gasteiger partial charge in [-0.15, -0.1) is 0 Å². The molecule has 0 aliphatic carbocycles. The van der Waals surface area contributed by atoms with Crippen molar-refractivity contribution in [3.8, 4) is 5.75 Å². The average molecular weight is 550 g/mol. The van der Waals surface area contributed by atoms with Crippen LogP contribution in [-0.4, -0.2) is 64.7 Å². The first-order chi connectivity index (χ1) is 19.1. The van der Waals surface area contributed by atoms with Crippen LogP contribution < -0.4 is 15.4 Å². The average Bonchev–Trinajstić information content (AvgIpc) is 3.46. The quantitative estimate of drug-likeness (QED) is 0.439. The van der Waals surface area contributed by atoms with E-state index in [0.717, 1.165) is 0 Å². The number of carbonyl (C=O) groups excluding carboxylic acids is 3. The van der Waals surface area contributed by atoms with E-state index in [1.54, 1.807) is 43.5 Å². The number of anilines is 2. The summed E-state index contributed by atoms with van der Waals surface area (Å²) in [5.74, 6) is -2.21. The van der Waals surface area contributed by atoms with E-state index in [1.807, 2.05) is 45.9 Å². The number of methoxy groups -OCH3 is 1. The molecule has 9 nitrogen and oxygen atoms in total. The van der Waals surface area contributed by atoms with Crippen molar-refractivity contribution in [2.24, 2.45) is 23.7 Å². The van der Waals surface area contributed by atoms with Gasteiger partial charge in [-0.25, -0.2) is 0 Å². The summed E-state index contributed by atoms with van der Waals surface area (Å²) in [7, 11) is 1.57. The second kappa shape index (κ2) is 10.5. The lowest BCUT2D eigenvalue weighted by molar-refractivity contribution is -0.149. The zero-order valence-electron chi connectivity index (χ0n) is 23.7. The standard InChI is InChI=1S/C31H39N3O6/c1-6-18(2)23(17-35)34-26(28(37)33-21-12-14-22(39-5)15-13-21)31-16-19(3)30(4,40-31)24(25(31)29(34)38)27(36)32-20-10-8-7-9-11-20/h7-15,18-19,23-26,35H,6,16-17H2,1-5H3,(H,32,36)(H,33,37)/t18-,19?,23-,24-,25-,26?,30+,31?/m0/s1. The number of para-hydroxylation sites is 1. The highest BCUT2D eigenvalue weighted by molar-refractivity contribution is 6.05. The Labute approximate surface area is 235 Å². The predicted octanol–water partition coefficient (Wildman–Crippen LogP) is 3.69. The normalized spacial score (nSPS) is 31.9. The molecule has 2 aromatic rings. The zero-order chi connectivity index (χ0) is 28.8. The number of aliphatic hydroxyl groups is 1. The highest BCUT2D eigenvalue weighted by atomic mass is 16.5. The van der Waals surface area contributed by atoms with Gasteiger partial charge in [0.05, 0.1) is 37.2 Å². The SMILES string of the molecule is CC[C@H](C)[C@H](CO)N1C(=O)[C@@H]2[C@@H](C(=O)Nc3ccccc3)[C@]3(C)OC2(CC3C)C1C(=O)Nc1ccc(OC)cc1. The summed E-state index contributed by atoms with van der Waals surface area (Å²) in [6, 6.07) is 14.5. The Kier molecular flexibility index (Phi) is 7.39. The molecule has 8 atom stereocenters. The number of carbonyl (C=O) groups is 3. The molecule has 3 aliphatic rings. The lowest BCUT2D eigenvalue weighted by Crippen LogP contribution is -2.57. The summed E-state index contributed by atoms with van der Waals surface area (Å²) >= 11 is 0. The number of hydrogen-bond donors (Lipinski definition) is 3. The summed E-state index contributed by atoms with van der Waals surface area (Å²) in [6.45, 7) is 7.54. The largest absolute Gasteiger partial charge is 0.497 e. The van der Waals surface area contributed by atoms with Gasteiger partial charge in [0.15, 0.2) is 0 Å². The topological polar surface area (TPSA) is 117 Å². The van der Waals surface area contributed by atoms with Gasteiger partial charge < -0.3 is 30.1 Å². The minimum absolute atomic E-state index is 0.0812. The fourth-order valence-corrected chi connectivity index (χ4v) is 7.17. The van der Waals surface area contributed by atoms with Gasteiger partial charge in [-0.2, -0.15) is 0 Å². The molecule has 9 heteroatoms. The van der Waals surface area contributed by atoms with Crippen molar-refractivity contribution in [2.75, 3.05) is 24.4 Å². The summed E-state index contributed by atoms with van der Waals surface area (Å²) in [4.78, 5) is 44.0. The predicted molar refractivity (Wildman–Crippen MR) is 151 cm³/mol. The van der Waals surface area contributed by atoms with Gasteiger partial charge in [0, 0.05) is 11.4 Å². The maximum Gasteiger partial charge on any atom is 0.250 e. The number of aliphatic hydroxyl groups excluding tert-OH is 1. The molecule has 5 rings (SSSR count). The molecule has 3 N–H and O–H groups in total. The second-order valence-electron chi connectivity index (χ2n) is 11.7. The van der Waals surface area contributed by atoms with Gasteiger partial charge in [0.2, 0.25) is 17.7 Å². The van der Waals surface area contributed by atoms with Crippen LogP contribution in [0.2, 0.25) is 0 Å². The first-order valence-electron chi connectivity index (χ1n) is 14.0. The molecule has 0 saturated carbocycles. The van der Waals surface area contributed by atoms with E-state index in [4.69, 9.17) is 9.47 Å². The molecule has 1 spiro atoms. The van der Waals surface area contributed by atoms with E-state index in [2.05, 4.69) is 10.6 Å². The Morgan fingerprint density at radius 3 is 2.33 bits per heavy atom. The third-order valence-corrected chi connectivity index (χ3v) is 9.53. The summed E-state index contributed by atoms with van der Waals surface area (Å²) in [5.41, 5.74) is -0.965. The van der Waals surface area contributed by atoms with Crippen LogP contribution >= 0.6 is 0 Å². The molecule has 40 heavy (non-hydrogen) atoms. The zero-order valence-corrected chi connectivity index (χ0v) is 23.7. The Balaban J connectivity index is 1.57. The maximum absolute atomic E-state index is 14.4. The van der Waals surface area contributed by atoms with E-state index in [1.165, 1.54) is 4.90 Å². The van der Waals surface area contributed by atoms with Gasteiger partial charge in [-0.1, -0.05) is 45.4 Å². The third-order valence-electron chi connectivity index (χ3n) is 9.53. The van der Waals surface area contributed by atoms with Crippen molar-refractivity contribution in [3.05, 3.63) is 54.6 Å². The summed E-state index contributed by atoms with van der Waals surface area (Å²) < 4.78 is 12.0. The molecule has 3 aliphatic heterocycles. The molecule has 3 saturated heterocycles. The Hall–Kier alpha value is -3.43. The number of nitrogens with one attached hydrogen (secondary N) is 2. The molecular formula is C31H39N3O6. The molecule has 3 unspecified atom stereocenters. The lowest BCUT2D eigenvalue weighted by atomic mass is 9.62. The Morgan fingerprint density at radius 2 is 1.73 bits per heavy atom. The minimum Gasteiger partial charge on any atom is -0.497 e. The van der Waals surface area contributed by atoms with Crippen LogP contribution in [0.4, 0.5) is 11.4 Å². The number of benzene rings is 2. The molecule has 214 valence electrons. The van der Waals surface area contributed by atoms with E-state index in [0.29, 0.717) is 30.0 Å². The van der Waals surface area contributed by atoms with Gasteiger partial charge in [0.1, 0.15) is 17.4 Å². The number of amides is 3. The molecule has 0 radical (unpaired) electrons. The van der Waals surface area contributed by atoms with Gasteiger partial charge in [-0.05, 0) is 61.6 Å². The van der Waals surface area contributed by atoms with Crippen molar-refractivity contribution < 1.29 is 29.0 Å². The van der Waals surface area contributed by atoms with Crippen LogP contribution in [0.1, 0.15) is 40.5 Å². The van der Waals surface area contributed by atoms with E-state index >= 15 is 0 Å². The first kappa shape index (κ1) is 28.1. The van der Waals surface area contributed by atoms with Gasteiger partial charge >= 0.3 is 0 Å². The van der Waals surface area contributed by atoms with Crippen LogP contribution in [0.25, 0.3) is 0 Å². The van der Waals surface area contributed by atoms with Gasteiger partial charge in [-0.3, -0.25) is 14.4 Å². The van der Waals surface area contributed by atoms with E-state index < -0.39 is 41.0 Å². The number of likely N-dealkylation sites (tertiary alicyclic amines) is 1. The highest BCUT2D eigenvalue weighted by Crippen LogP contribution is 2.65. The Morgan fingerprint density at radius 1 is 1.10 bits per heavy atom. The summed E-state index contributed by atoms with van der Waals surface area (Å²) in [5, 5.41) is 16.4. The Bertz CT molecular complexity index is 1270. The molecular weight excluding hydrogens is 510 g/mol. The van der Waals surface area contributed by atoms with Crippen molar-refractivity contribution >= 4 is 29.1 Å². The fraction of sp³-hybridized carbons (Fsp3) is 0.516. The molecule has 3 amide bonds. The van der Waals surface area contributed by atoms with Crippen LogP contribution in [0, 0.1) is 23.7 Å².